The summed E-state index contributed by atoms with van der Waals surface area (Å²) in [7, 11) is 0. The number of nitrogens with zero attached hydrogens (tertiary/aromatic N) is 5. The maximum Gasteiger partial charge on any atom is 2.00 e. The third-order valence-electron chi connectivity index (χ3n) is 12.3. The largest absolute Gasteiger partial charge is 2.00 e. The molecule has 0 saturated heterocycles. The molecular weight excluding hydrogens is 930 g/mol. The molecule has 0 radical (unpaired) electrons. The van der Waals surface area contributed by atoms with Crippen LogP contribution in [0, 0.1) is 53.7 Å². The molecule has 0 aliphatic carbocycles. The molecule has 9 rings (SSSR count). The number of hydrogen-bond acceptors (Lipinski definition) is 3. The summed E-state index contributed by atoms with van der Waals surface area (Å²) < 4.78 is 13.5. The fraction of sp³-hybridized carbons (Fsp3) is 0.296. The molecule has 4 heterocycles. The van der Waals surface area contributed by atoms with Crippen LogP contribution in [0.1, 0.15) is 111 Å². The van der Waals surface area contributed by atoms with Crippen molar-refractivity contribution < 1.29 is 25.8 Å². The first-order chi connectivity index (χ1) is 28.5. The van der Waals surface area contributed by atoms with Gasteiger partial charge in [0.05, 0.1) is 22.4 Å². The average Bonchev–Trinajstić information content (AvgIpc) is 3.83. The molecule has 0 fully saturated rings. The Hall–Kier alpha value is -5.45. The van der Waals surface area contributed by atoms with E-state index >= 15 is 0 Å². The molecule has 0 saturated carbocycles. The van der Waals surface area contributed by atoms with Crippen molar-refractivity contribution in [2.24, 2.45) is 0 Å². The molecule has 61 heavy (non-hydrogen) atoms. The van der Waals surface area contributed by atoms with Crippen LogP contribution in [0.3, 0.4) is 0 Å². The van der Waals surface area contributed by atoms with Gasteiger partial charge < -0.3 is 13.9 Å². The summed E-state index contributed by atoms with van der Waals surface area (Å²) >= 11 is 0. The van der Waals surface area contributed by atoms with Crippen LogP contribution in [-0.4, -0.2) is 23.9 Å². The van der Waals surface area contributed by atoms with Crippen molar-refractivity contribution in [3.8, 4) is 28.7 Å². The first-order valence-corrected chi connectivity index (χ1v) is 21.3. The second kappa shape index (κ2) is 15.5. The quantitative estimate of drug-likeness (QED) is 0.150. The van der Waals surface area contributed by atoms with Gasteiger partial charge in [-0.25, -0.2) is 4.98 Å². The Bertz CT molecular complexity index is 3110. The Kier molecular flexibility index (Phi) is 10.7. The Morgan fingerprint density at radius 2 is 1.28 bits per heavy atom. The van der Waals surface area contributed by atoms with Crippen molar-refractivity contribution in [2.75, 3.05) is 0 Å². The van der Waals surface area contributed by atoms with Gasteiger partial charge in [-0.1, -0.05) is 84.3 Å². The SMILES string of the molecule is Cc1cc(C)n(-c2[c-]c(Oc3[c-]c4c(cc3)c3ccccc3n4-c3ncc(C)c(-n4c5c(C)cc(C(C)C)cc5c5cc(C(C)C)cc(C)c54)c3C)cc(C(C)(C)C)c2)n1.[Pt+2]. The van der Waals surface area contributed by atoms with E-state index in [1.807, 2.05) is 23.9 Å². The van der Waals surface area contributed by atoms with E-state index in [-0.39, 0.29) is 26.5 Å². The van der Waals surface area contributed by atoms with Gasteiger partial charge in [-0.15, -0.1) is 41.3 Å². The monoisotopic (exact) mass is 984 g/mol. The number of hydrogen-bond donors (Lipinski definition) is 0. The minimum Gasteiger partial charge on any atom is -0.509 e. The molecule has 0 N–H and O–H groups in total. The van der Waals surface area contributed by atoms with Crippen molar-refractivity contribution >= 4 is 43.6 Å². The van der Waals surface area contributed by atoms with Crippen LogP contribution in [0.5, 0.6) is 11.5 Å². The van der Waals surface area contributed by atoms with Crippen LogP contribution in [-0.2, 0) is 26.5 Å². The van der Waals surface area contributed by atoms with E-state index in [9.17, 15) is 0 Å². The summed E-state index contributed by atoms with van der Waals surface area (Å²) in [4.78, 5) is 5.25. The zero-order valence-electron chi connectivity index (χ0n) is 37.7. The van der Waals surface area contributed by atoms with Crippen molar-refractivity contribution in [3.63, 3.8) is 0 Å². The van der Waals surface area contributed by atoms with E-state index in [1.54, 1.807) is 0 Å². The summed E-state index contributed by atoms with van der Waals surface area (Å²) in [6.07, 6.45) is 2.04. The molecule has 0 aliphatic heterocycles. The van der Waals surface area contributed by atoms with Crippen LogP contribution < -0.4 is 4.74 Å². The third kappa shape index (κ3) is 7.11. The van der Waals surface area contributed by atoms with Gasteiger partial charge in [-0.3, -0.25) is 4.68 Å². The van der Waals surface area contributed by atoms with Crippen molar-refractivity contribution in [1.29, 1.82) is 0 Å². The Morgan fingerprint density at radius 1 is 0.639 bits per heavy atom. The number of fused-ring (bicyclic) bond motifs is 6. The van der Waals surface area contributed by atoms with Crippen LogP contribution in [0.15, 0.2) is 85.1 Å². The molecule has 4 aromatic heterocycles. The molecule has 7 heteroatoms. The fourth-order valence-corrected chi connectivity index (χ4v) is 9.18. The predicted octanol–water partition coefficient (Wildman–Crippen LogP) is 14.2. The first-order valence-electron chi connectivity index (χ1n) is 21.3. The fourth-order valence-electron chi connectivity index (χ4n) is 9.18. The second-order valence-corrected chi connectivity index (χ2v) is 18.6. The average molecular weight is 985 g/mol. The summed E-state index contributed by atoms with van der Waals surface area (Å²) in [6.45, 7) is 28.8. The minimum atomic E-state index is -0.120. The smallest absolute Gasteiger partial charge is 0.509 e. The topological polar surface area (TPSA) is 49.8 Å². The zero-order chi connectivity index (χ0) is 42.5. The van der Waals surface area contributed by atoms with Crippen LogP contribution in [0.25, 0.3) is 60.8 Å². The molecule has 5 aromatic carbocycles. The first kappa shape index (κ1) is 42.2. The minimum absolute atomic E-state index is 0. The molecule has 6 nitrogen and oxygen atoms in total. The van der Waals surface area contributed by atoms with Gasteiger partial charge in [-0.05, 0) is 122 Å². The summed E-state index contributed by atoms with van der Waals surface area (Å²) in [5.74, 6) is 2.93. The van der Waals surface area contributed by atoms with Crippen LogP contribution in [0.4, 0.5) is 0 Å². The summed E-state index contributed by atoms with van der Waals surface area (Å²) in [6, 6.07) is 35.9. The maximum absolute atomic E-state index is 6.74. The maximum atomic E-state index is 6.74. The number of aromatic nitrogens is 5. The van der Waals surface area contributed by atoms with Gasteiger partial charge in [0.2, 0.25) is 0 Å². The predicted molar refractivity (Wildman–Crippen MR) is 250 cm³/mol. The van der Waals surface area contributed by atoms with Gasteiger partial charge in [0.15, 0.2) is 0 Å². The normalized spacial score (nSPS) is 12.2. The standard InChI is InChI=1S/C54H55N5O.Pt/c1-30(2)38-20-32(5)51-46(23-38)47-24-39(31(3)4)21-33(6)52(47)58(51)50-34(7)29-55-53(37(50)10)57-48-17-15-14-16-44(48)45-19-18-42(28-49(45)57)60-43-26-40(54(11,12)13)25-41(27-43)59-36(9)22-35(8)56-59;/h14-26,29-31H,1-13H3;/q-2;+2. The van der Waals surface area contributed by atoms with Crippen LogP contribution >= 0.6 is 0 Å². The second-order valence-electron chi connectivity index (χ2n) is 18.6. The Morgan fingerprint density at radius 3 is 1.87 bits per heavy atom. The van der Waals surface area contributed by atoms with Crippen molar-refractivity contribution in [2.45, 2.75) is 107 Å². The summed E-state index contributed by atoms with van der Waals surface area (Å²) in [5.41, 5.74) is 17.0. The number of aryl methyl sites for hydroxylation is 5. The number of ether oxygens (including phenoxy) is 1. The Labute approximate surface area is 374 Å². The van der Waals surface area contributed by atoms with Crippen LogP contribution in [0.2, 0.25) is 0 Å². The summed E-state index contributed by atoms with van der Waals surface area (Å²) in [5, 5.41) is 9.60. The van der Waals surface area contributed by atoms with Gasteiger partial charge in [-0.2, -0.15) is 11.2 Å². The number of para-hydroxylation sites is 1. The molecule has 0 bridgehead atoms. The molecule has 0 atom stereocenters. The van der Waals surface area contributed by atoms with E-state index < -0.39 is 0 Å². The van der Waals surface area contributed by atoms with E-state index in [0.29, 0.717) is 23.3 Å². The Balaban J connectivity index is 0.00000514. The molecule has 0 amide bonds. The zero-order valence-corrected chi connectivity index (χ0v) is 40.0. The number of benzene rings is 5. The van der Waals surface area contributed by atoms with E-state index in [0.717, 1.165) is 67.1 Å². The molecule has 0 unspecified atom stereocenters. The molecule has 0 aliphatic rings. The van der Waals surface area contributed by atoms with Gasteiger partial charge >= 0.3 is 21.1 Å². The van der Waals surface area contributed by atoms with E-state index in [2.05, 4.69) is 177 Å². The van der Waals surface area contributed by atoms with E-state index in [4.69, 9.17) is 14.8 Å². The van der Waals surface area contributed by atoms with Gasteiger partial charge in [0.25, 0.3) is 0 Å². The third-order valence-corrected chi connectivity index (χ3v) is 12.3. The molecule has 9 aromatic rings. The van der Waals surface area contributed by atoms with Gasteiger partial charge in [0.1, 0.15) is 5.82 Å². The molecular formula is C54H55N5OPt. The van der Waals surface area contributed by atoms with Crippen molar-refractivity contribution in [1.82, 2.24) is 23.9 Å². The van der Waals surface area contributed by atoms with Gasteiger partial charge in [0, 0.05) is 45.2 Å². The van der Waals surface area contributed by atoms with E-state index in [1.165, 1.54) is 44.1 Å². The number of pyridine rings is 1. The molecule has 312 valence electrons. The molecule has 0 spiro atoms. The number of rotatable bonds is 7. The van der Waals surface area contributed by atoms with Crippen molar-refractivity contribution in [3.05, 3.63) is 148 Å².